The quantitative estimate of drug-likeness (QED) is 0.473. The second-order valence-corrected chi connectivity index (χ2v) is 9.84. The van der Waals surface area contributed by atoms with E-state index in [9.17, 15) is 22.8 Å². The lowest BCUT2D eigenvalue weighted by molar-refractivity contribution is -0.138. The SMILES string of the molecule is O=C1SC(=Cc2ccc3c(cnn3Cc3ccc(Cl)cc3C(F)(F)F)c2)C(=O)N1CC1CNCCO1. The summed E-state index contributed by atoms with van der Waals surface area (Å²) in [6, 6.07) is 8.90. The second kappa shape index (κ2) is 9.89. The monoisotopic (exact) mass is 536 g/mol. The Balaban J connectivity index is 1.36. The van der Waals surface area contributed by atoms with E-state index in [0.29, 0.717) is 34.5 Å². The number of imide groups is 1. The van der Waals surface area contributed by atoms with Crippen molar-refractivity contribution in [2.45, 2.75) is 18.8 Å². The zero-order valence-corrected chi connectivity index (χ0v) is 20.3. The number of alkyl halides is 3. The second-order valence-electron chi connectivity index (χ2n) is 8.41. The van der Waals surface area contributed by atoms with Gasteiger partial charge in [0.05, 0.1) is 48.0 Å². The standard InChI is InChI=1S/C24H20ClF3N4O3S/c25-17-3-2-15(19(9-17)24(26,27)28)12-32-20-4-1-14(7-16(20)10-30-32)8-21-22(33)31(23(34)36-21)13-18-11-29-5-6-35-18/h1-4,7-10,18,29H,5-6,11-13H2. The van der Waals surface area contributed by atoms with Gasteiger partial charge in [-0.1, -0.05) is 23.7 Å². The number of halogens is 4. The lowest BCUT2D eigenvalue weighted by Gasteiger charge is -2.26. The van der Waals surface area contributed by atoms with Crippen LogP contribution in [0.1, 0.15) is 16.7 Å². The van der Waals surface area contributed by atoms with Gasteiger partial charge in [-0.05, 0) is 53.2 Å². The van der Waals surface area contributed by atoms with Crippen molar-refractivity contribution in [3.05, 3.63) is 69.2 Å². The highest BCUT2D eigenvalue weighted by Gasteiger charge is 2.37. The number of rotatable bonds is 5. The molecule has 0 spiro atoms. The summed E-state index contributed by atoms with van der Waals surface area (Å²) in [5, 5.41) is 7.77. The molecule has 7 nitrogen and oxygen atoms in total. The molecule has 1 atom stereocenters. The third-order valence-corrected chi connectivity index (χ3v) is 7.07. The van der Waals surface area contributed by atoms with Gasteiger partial charge < -0.3 is 10.1 Å². The Bertz CT molecular complexity index is 1370. The van der Waals surface area contributed by atoms with Gasteiger partial charge in [0.15, 0.2) is 0 Å². The van der Waals surface area contributed by atoms with E-state index in [4.69, 9.17) is 16.3 Å². The van der Waals surface area contributed by atoms with Gasteiger partial charge in [-0.3, -0.25) is 19.2 Å². The number of amides is 2. The Morgan fingerprint density at radius 3 is 2.81 bits per heavy atom. The molecule has 3 aromatic rings. The van der Waals surface area contributed by atoms with E-state index in [-0.39, 0.29) is 40.9 Å². The summed E-state index contributed by atoms with van der Waals surface area (Å²) in [7, 11) is 0. The van der Waals surface area contributed by atoms with Crippen LogP contribution in [0.25, 0.3) is 17.0 Å². The number of hydrogen-bond acceptors (Lipinski definition) is 6. The summed E-state index contributed by atoms with van der Waals surface area (Å²) in [6.45, 7) is 1.93. The van der Waals surface area contributed by atoms with Crippen molar-refractivity contribution in [3.63, 3.8) is 0 Å². The van der Waals surface area contributed by atoms with Gasteiger partial charge in [0, 0.05) is 23.5 Å². The number of thioether (sulfide) groups is 1. The van der Waals surface area contributed by atoms with E-state index in [2.05, 4.69) is 10.4 Å². The van der Waals surface area contributed by atoms with Gasteiger partial charge >= 0.3 is 6.18 Å². The van der Waals surface area contributed by atoms with Crippen LogP contribution in [0.4, 0.5) is 18.0 Å². The van der Waals surface area contributed by atoms with Gasteiger partial charge in [0.25, 0.3) is 11.1 Å². The van der Waals surface area contributed by atoms with Crippen molar-refractivity contribution < 1.29 is 27.5 Å². The summed E-state index contributed by atoms with van der Waals surface area (Å²) in [6.07, 6.45) is -1.61. The Hall–Kier alpha value is -2.86. The van der Waals surface area contributed by atoms with Gasteiger partial charge in [0.2, 0.25) is 0 Å². The van der Waals surface area contributed by atoms with Gasteiger partial charge in [-0.15, -0.1) is 0 Å². The summed E-state index contributed by atoms with van der Waals surface area (Å²) in [4.78, 5) is 26.7. The number of fused-ring (bicyclic) bond motifs is 1. The molecule has 36 heavy (non-hydrogen) atoms. The van der Waals surface area contributed by atoms with Gasteiger partial charge in [-0.2, -0.15) is 18.3 Å². The first-order valence-corrected chi connectivity index (χ1v) is 12.3. The van der Waals surface area contributed by atoms with E-state index in [1.54, 1.807) is 30.5 Å². The van der Waals surface area contributed by atoms with Crippen LogP contribution >= 0.6 is 23.4 Å². The van der Waals surface area contributed by atoms with Crippen molar-refractivity contribution in [2.75, 3.05) is 26.2 Å². The molecule has 1 N–H and O–H groups in total. The van der Waals surface area contributed by atoms with Crippen molar-refractivity contribution in [2.24, 2.45) is 0 Å². The van der Waals surface area contributed by atoms with Crippen molar-refractivity contribution in [3.8, 4) is 0 Å². The predicted octanol–water partition coefficient (Wildman–Crippen LogP) is 4.78. The molecule has 1 unspecified atom stereocenters. The van der Waals surface area contributed by atoms with E-state index in [0.717, 1.165) is 24.4 Å². The number of nitrogens with one attached hydrogen (secondary N) is 1. The number of hydrogen-bond donors (Lipinski definition) is 1. The van der Waals surface area contributed by atoms with Crippen molar-refractivity contribution in [1.82, 2.24) is 20.0 Å². The maximum Gasteiger partial charge on any atom is 0.416 e. The van der Waals surface area contributed by atoms with Crippen LogP contribution in [0.3, 0.4) is 0 Å². The molecule has 12 heteroatoms. The highest BCUT2D eigenvalue weighted by Crippen LogP contribution is 2.35. The Morgan fingerprint density at radius 2 is 2.06 bits per heavy atom. The third kappa shape index (κ3) is 5.15. The van der Waals surface area contributed by atoms with E-state index >= 15 is 0 Å². The lowest BCUT2D eigenvalue weighted by atomic mass is 10.1. The number of ether oxygens (including phenoxy) is 1. The molecule has 2 fully saturated rings. The largest absolute Gasteiger partial charge is 0.416 e. The molecule has 2 saturated heterocycles. The maximum atomic E-state index is 13.5. The zero-order chi connectivity index (χ0) is 25.4. The summed E-state index contributed by atoms with van der Waals surface area (Å²) in [5.74, 6) is -0.377. The normalized spacial score (nSPS) is 20.2. The van der Waals surface area contributed by atoms with Crippen LogP contribution in [-0.2, 0) is 22.3 Å². The van der Waals surface area contributed by atoms with Gasteiger partial charge in [0.1, 0.15) is 0 Å². The molecule has 3 heterocycles. The Morgan fingerprint density at radius 1 is 1.22 bits per heavy atom. The number of benzene rings is 2. The van der Waals surface area contributed by atoms with Crippen LogP contribution < -0.4 is 5.32 Å². The average Bonchev–Trinajstić information content (AvgIpc) is 3.35. The van der Waals surface area contributed by atoms with Crippen molar-refractivity contribution >= 4 is 51.5 Å². The first-order chi connectivity index (χ1) is 17.2. The molecule has 2 aromatic carbocycles. The van der Waals surface area contributed by atoms with E-state index in [1.807, 2.05) is 0 Å². The van der Waals surface area contributed by atoms with Crippen LogP contribution in [0.5, 0.6) is 0 Å². The van der Waals surface area contributed by atoms with Crippen LogP contribution in [-0.4, -0.2) is 58.2 Å². The molecule has 2 aliphatic heterocycles. The first kappa shape index (κ1) is 24.8. The summed E-state index contributed by atoms with van der Waals surface area (Å²) >= 11 is 6.64. The number of aromatic nitrogens is 2. The molecule has 1 aromatic heterocycles. The molecular weight excluding hydrogens is 517 g/mol. The molecular formula is C24H20ClF3N4O3S. The van der Waals surface area contributed by atoms with Crippen LogP contribution in [0.15, 0.2) is 47.5 Å². The van der Waals surface area contributed by atoms with Crippen molar-refractivity contribution in [1.29, 1.82) is 0 Å². The third-order valence-electron chi connectivity index (χ3n) is 5.93. The zero-order valence-electron chi connectivity index (χ0n) is 18.7. The summed E-state index contributed by atoms with van der Waals surface area (Å²) < 4.78 is 47.5. The smallest absolute Gasteiger partial charge is 0.374 e. The lowest BCUT2D eigenvalue weighted by Crippen LogP contribution is -2.46. The fourth-order valence-corrected chi connectivity index (χ4v) is 5.20. The molecule has 0 aliphatic carbocycles. The molecule has 5 rings (SSSR count). The summed E-state index contributed by atoms with van der Waals surface area (Å²) in [5.41, 5.74) is 0.545. The molecule has 188 valence electrons. The number of morpholine rings is 1. The number of nitrogens with zero attached hydrogens (tertiary/aromatic N) is 3. The molecule has 0 bridgehead atoms. The predicted molar refractivity (Wildman–Crippen MR) is 131 cm³/mol. The molecule has 2 amide bonds. The highest BCUT2D eigenvalue weighted by atomic mass is 35.5. The number of carbonyl (C=O) groups excluding carboxylic acids is 2. The number of carbonyl (C=O) groups is 2. The maximum absolute atomic E-state index is 13.5. The van der Waals surface area contributed by atoms with Gasteiger partial charge in [-0.25, -0.2) is 0 Å². The minimum Gasteiger partial charge on any atom is -0.374 e. The topological polar surface area (TPSA) is 76.5 Å². The minimum absolute atomic E-state index is 0.00777. The highest BCUT2D eigenvalue weighted by molar-refractivity contribution is 8.18. The first-order valence-electron chi connectivity index (χ1n) is 11.1. The Kier molecular flexibility index (Phi) is 6.82. The molecule has 0 saturated carbocycles. The minimum atomic E-state index is -4.54. The van der Waals surface area contributed by atoms with E-state index in [1.165, 1.54) is 21.7 Å². The van der Waals surface area contributed by atoms with Crippen LogP contribution in [0, 0.1) is 0 Å². The van der Waals surface area contributed by atoms with E-state index < -0.39 is 11.7 Å². The Labute approximate surface area is 213 Å². The average molecular weight is 537 g/mol. The fourth-order valence-electron chi connectivity index (χ4n) is 4.18. The van der Waals surface area contributed by atoms with Crippen LogP contribution in [0.2, 0.25) is 5.02 Å². The molecule has 2 aliphatic rings. The molecule has 0 radical (unpaired) electrons. The fraction of sp³-hybridized carbons (Fsp3) is 0.292.